The average molecular weight is 305 g/mol. The molecule has 1 atom stereocenters. The number of nitrogens with zero attached hydrogens (tertiary/aromatic N) is 1. The molecule has 0 radical (unpaired) electrons. The molecule has 1 heterocycles. The zero-order valence-corrected chi connectivity index (χ0v) is 12.4. The Morgan fingerprint density at radius 3 is 2.55 bits per heavy atom. The molecule has 114 valence electrons. The maximum atomic E-state index is 12.4. The lowest BCUT2D eigenvalue weighted by Crippen LogP contribution is -2.46. The van der Waals surface area contributed by atoms with Crippen LogP contribution in [0.3, 0.4) is 0 Å². The van der Waals surface area contributed by atoms with Crippen molar-refractivity contribution in [3.05, 3.63) is 11.4 Å². The fourth-order valence-corrected chi connectivity index (χ4v) is 3.65. The van der Waals surface area contributed by atoms with Gasteiger partial charge in [0.15, 0.2) is 5.69 Å². The number of hydrogen-bond donors (Lipinski definition) is 4. The number of H-pyrrole nitrogens is 1. The van der Waals surface area contributed by atoms with Crippen molar-refractivity contribution < 1.29 is 23.4 Å². The Hall–Kier alpha value is -1.45. The number of aromatic carboxylic acids is 1. The van der Waals surface area contributed by atoms with Crippen molar-refractivity contribution >= 4 is 16.0 Å². The van der Waals surface area contributed by atoms with Crippen LogP contribution in [-0.4, -0.2) is 46.9 Å². The zero-order valence-electron chi connectivity index (χ0n) is 11.6. The van der Waals surface area contributed by atoms with Crippen molar-refractivity contribution in [1.82, 2.24) is 14.9 Å². The minimum atomic E-state index is -4.05. The molecular formula is C11H19N3O5S. The molecule has 0 saturated carbocycles. The second kappa shape index (κ2) is 5.90. The van der Waals surface area contributed by atoms with E-state index in [1.165, 1.54) is 6.92 Å². The van der Waals surface area contributed by atoms with E-state index >= 15 is 0 Å². The van der Waals surface area contributed by atoms with Gasteiger partial charge in [0.2, 0.25) is 10.0 Å². The Labute approximate surface area is 117 Å². The lowest BCUT2D eigenvalue weighted by atomic mass is 9.97. The third-order valence-corrected chi connectivity index (χ3v) is 4.99. The summed E-state index contributed by atoms with van der Waals surface area (Å²) in [6.45, 7) is 4.68. The van der Waals surface area contributed by atoms with Gasteiger partial charge >= 0.3 is 5.97 Å². The molecule has 0 amide bonds. The van der Waals surface area contributed by atoms with Crippen molar-refractivity contribution in [1.29, 1.82) is 0 Å². The van der Waals surface area contributed by atoms with Gasteiger partial charge in [-0.2, -0.15) is 5.10 Å². The first-order valence-corrected chi connectivity index (χ1v) is 7.58. The smallest absolute Gasteiger partial charge is 0.357 e. The van der Waals surface area contributed by atoms with E-state index in [-0.39, 0.29) is 23.6 Å². The molecule has 0 fully saturated rings. The first-order valence-electron chi connectivity index (χ1n) is 6.10. The average Bonchev–Trinajstić information content (AvgIpc) is 2.71. The normalized spacial score (nSPS) is 15.0. The summed E-state index contributed by atoms with van der Waals surface area (Å²) < 4.78 is 27.2. The molecule has 1 aromatic heterocycles. The summed E-state index contributed by atoms with van der Waals surface area (Å²) in [4.78, 5) is 10.7. The number of aryl methyl sites for hydroxylation is 1. The van der Waals surface area contributed by atoms with Crippen LogP contribution in [-0.2, 0) is 10.0 Å². The van der Waals surface area contributed by atoms with Crippen LogP contribution in [0.5, 0.6) is 0 Å². The molecule has 0 saturated heterocycles. The monoisotopic (exact) mass is 305 g/mol. The third kappa shape index (κ3) is 3.35. The number of sulfonamides is 1. The van der Waals surface area contributed by atoms with Gasteiger partial charge in [0, 0.05) is 12.1 Å². The van der Waals surface area contributed by atoms with Gasteiger partial charge in [-0.1, -0.05) is 6.92 Å². The van der Waals surface area contributed by atoms with Crippen molar-refractivity contribution in [2.24, 2.45) is 0 Å². The van der Waals surface area contributed by atoms with Gasteiger partial charge in [-0.3, -0.25) is 5.10 Å². The minimum Gasteiger partial charge on any atom is -0.476 e. The third-order valence-electron chi connectivity index (χ3n) is 3.19. The summed E-state index contributed by atoms with van der Waals surface area (Å²) in [7, 11) is -4.05. The fraction of sp³-hybridized carbons (Fsp3) is 0.636. The van der Waals surface area contributed by atoms with Gasteiger partial charge in [-0.05, 0) is 26.7 Å². The molecule has 20 heavy (non-hydrogen) atoms. The Bertz CT molecular complexity index is 595. The quantitative estimate of drug-likeness (QED) is 0.570. The first-order chi connectivity index (χ1) is 9.17. The topological polar surface area (TPSA) is 132 Å². The van der Waals surface area contributed by atoms with E-state index in [2.05, 4.69) is 14.9 Å². The van der Waals surface area contributed by atoms with Crippen molar-refractivity contribution in [2.45, 2.75) is 44.0 Å². The number of aliphatic hydroxyl groups excluding tert-OH is 1. The fourth-order valence-electron chi connectivity index (χ4n) is 1.81. The molecule has 8 nitrogen and oxygen atoms in total. The molecule has 0 bridgehead atoms. The Morgan fingerprint density at radius 2 is 2.10 bits per heavy atom. The molecule has 0 aromatic carbocycles. The predicted octanol–water partition coefficient (Wildman–Crippen LogP) is 0.246. The number of carbonyl (C=O) groups is 1. The maximum absolute atomic E-state index is 12.4. The molecule has 4 N–H and O–H groups in total. The summed E-state index contributed by atoms with van der Waals surface area (Å²) in [6, 6.07) is 0. The maximum Gasteiger partial charge on any atom is 0.357 e. The van der Waals surface area contributed by atoms with Gasteiger partial charge in [-0.25, -0.2) is 17.9 Å². The number of aromatic amines is 1. The number of rotatable bonds is 7. The lowest BCUT2D eigenvalue weighted by molar-refractivity contribution is 0.0686. The molecule has 0 aliphatic carbocycles. The molecule has 0 spiro atoms. The van der Waals surface area contributed by atoms with Crippen LogP contribution in [0, 0.1) is 6.92 Å². The Morgan fingerprint density at radius 1 is 1.50 bits per heavy atom. The van der Waals surface area contributed by atoms with E-state index in [0.717, 1.165) is 0 Å². The Kier molecular flexibility index (Phi) is 4.90. The predicted molar refractivity (Wildman–Crippen MR) is 71.0 cm³/mol. The van der Waals surface area contributed by atoms with E-state index < -0.39 is 27.2 Å². The number of carboxylic acids is 1. The SMILES string of the molecule is CCC(C)(CCO)NS(=O)(=O)c1c(C(=O)O)n[nH]c1C. The number of carboxylic acid groups (broad SMARTS) is 1. The van der Waals surface area contributed by atoms with Gasteiger partial charge in [0.25, 0.3) is 0 Å². The highest BCUT2D eigenvalue weighted by Crippen LogP contribution is 2.22. The summed E-state index contributed by atoms with van der Waals surface area (Å²) in [5.74, 6) is -1.42. The van der Waals surface area contributed by atoms with Crippen LogP contribution in [0.2, 0.25) is 0 Å². The summed E-state index contributed by atoms with van der Waals surface area (Å²) in [5.41, 5.74) is -1.25. The number of aromatic nitrogens is 2. The van der Waals surface area contributed by atoms with Crippen LogP contribution in [0.1, 0.15) is 42.9 Å². The van der Waals surface area contributed by atoms with E-state index in [1.807, 2.05) is 0 Å². The van der Waals surface area contributed by atoms with E-state index in [9.17, 15) is 13.2 Å². The molecule has 1 aromatic rings. The standard InChI is InChI=1S/C11H19N3O5S/c1-4-11(3,5-6-15)14-20(18,19)9-7(2)12-13-8(9)10(16)17/h14-15H,4-6H2,1-3H3,(H,12,13)(H,16,17). The molecule has 1 unspecified atom stereocenters. The highest BCUT2D eigenvalue weighted by Gasteiger charge is 2.34. The molecule has 9 heteroatoms. The van der Waals surface area contributed by atoms with E-state index in [4.69, 9.17) is 10.2 Å². The molecule has 0 aliphatic rings. The first kappa shape index (κ1) is 16.6. The number of nitrogens with one attached hydrogen (secondary N) is 2. The summed E-state index contributed by atoms with van der Waals surface area (Å²) in [6.07, 6.45) is 0.675. The largest absolute Gasteiger partial charge is 0.476 e. The highest BCUT2D eigenvalue weighted by molar-refractivity contribution is 7.89. The van der Waals surface area contributed by atoms with E-state index in [1.54, 1.807) is 13.8 Å². The Balaban J connectivity index is 3.24. The minimum absolute atomic E-state index is 0.150. The summed E-state index contributed by atoms with van der Waals surface area (Å²) >= 11 is 0. The number of aliphatic hydroxyl groups is 1. The summed E-state index contributed by atoms with van der Waals surface area (Å²) in [5, 5.41) is 23.8. The number of hydrogen-bond acceptors (Lipinski definition) is 5. The molecule has 1 rings (SSSR count). The van der Waals surface area contributed by atoms with Crippen LogP contribution < -0.4 is 4.72 Å². The van der Waals surface area contributed by atoms with Crippen LogP contribution in [0.25, 0.3) is 0 Å². The van der Waals surface area contributed by atoms with Crippen LogP contribution in [0.15, 0.2) is 4.90 Å². The second-order valence-corrected chi connectivity index (χ2v) is 6.44. The molecular weight excluding hydrogens is 286 g/mol. The van der Waals surface area contributed by atoms with Crippen molar-refractivity contribution in [2.75, 3.05) is 6.61 Å². The molecule has 0 aliphatic heterocycles. The van der Waals surface area contributed by atoms with Crippen LogP contribution in [0.4, 0.5) is 0 Å². The highest BCUT2D eigenvalue weighted by atomic mass is 32.2. The van der Waals surface area contributed by atoms with E-state index in [0.29, 0.717) is 6.42 Å². The zero-order chi connectivity index (χ0) is 15.6. The van der Waals surface area contributed by atoms with Gasteiger partial charge in [-0.15, -0.1) is 0 Å². The van der Waals surface area contributed by atoms with Gasteiger partial charge in [0.05, 0.1) is 5.69 Å². The second-order valence-electron chi connectivity index (χ2n) is 4.82. The van der Waals surface area contributed by atoms with Crippen molar-refractivity contribution in [3.8, 4) is 0 Å². The van der Waals surface area contributed by atoms with Crippen LogP contribution >= 0.6 is 0 Å². The van der Waals surface area contributed by atoms with Crippen molar-refractivity contribution in [3.63, 3.8) is 0 Å². The van der Waals surface area contributed by atoms with Gasteiger partial charge in [0.1, 0.15) is 4.90 Å². The van der Waals surface area contributed by atoms with Gasteiger partial charge < -0.3 is 10.2 Å². The lowest BCUT2D eigenvalue weighted by Gasteiger charge is -2.28.